The number of rotatable bonds is 7. The van der Waals surface area contributed by atoms with Crippen molar-refractivity contribution in [3.63, 3.8) is 0 Å². The number of benzene rings is 1. The van der Waals surface area contributed by atoms with E-state index in [0.717, 1.165) is 25.2 Å². The van der Waals surface area contributed by atoms with Crippen LogP contribution in [0.5, 0.6) is 5.88 Å². The molecule has 1 saturated heterocycles. The molecule has 31 heavy (non-hydrogen) atoms. The Morgan fingerprint density at radius 2 is 1.94 bits per heavy atom. The topological polar surface area (TPSA) is 94.6 Å². The van der Waals surface area contributed by atoms with Crippen molar-refractivity contribution in [2.45, 2.75) is 6.54 Å². The Morgan fingerprint density at radius 1 is 1.19 bits per heavy atom. The van der Waals surface area contributed by atoms with Gasteiger partial charge in [-0.25, -0.2) is 9.37 Å². The molecule has 0 aliphatic carbocycles. The Bertz CT molecular complexity index is 1110. The SMILES string of the molecule is COc1ccc2c(n1)c(N)c(NCCN1CCOCC1)c(=O)n2Cc1ccc(F)cc1. The molecule has 0 radical (unpaired) electrons. The fraction of sp³-hybridized carbons (Fsp3) is 0.364. The van der Waals surface area contributed by atoms with Gasteiger partial charge in [0.1, 0.15) is 17.0 Å². The number of nitrogens with one attached hydrogen (secondary N) is 1. The monoisotopic (exact) mass is 427 g/mol. The van der Waals surface area contributed by atoms with E-state index >= 15 is 0 Å². The maximum Gasteiger partial charge on any atom is 0.276 e. The predicted octanol–water partition coefficient (Wildman–Crippen LogP) is 1.92. The zero-order chi connectivity index (χ0) is 21.8. The average molecular weight is 427 g/mol. The van der Waals surface area contributed by atoms with Crippen LogP contribution in [-0.4, -0.2) is 61.0 Å². The second-order valence-electron chi connectivity index (χ2n) is 7.41. The third kappa shape index (κ3) is 4.62. The van der Waals surface area contributed by atoms with Crippen LogP contribution in [0.15, 0.2) is 41.2 Å². The minimum absolute atomic E-state index is 0.247. The lowest BCUT2D eigenvalue weighted by atomic mass is 10.2. The molecule has 1 aliphatic heterocycles. The first-order valence-corrected chi connectivity index (χ1v) is 10.2. The van der Waals surface area contributed by atoms with Crippen molar-refractivity contribution >= 4 is 22.4 Å². The molecule has 3 heterocycles. The van der Waals surface area contributed by atoms with Gasteiger partial charge in [0.15, 0.2) is 0 Å². The molecule has 3 aromatic rings. The van der Waals surface area contributed by atoms with Gasteiger partial charge in [-0.15, -0.1) is 0 Å². The van der Waals surface area contributed by atoms with Crippen molar-refractivity contribution in [3.8, 4) is 5.88 Å². The van der Waals surface area contributed by atoms with Gasteiger partial charge in [0, 0.05) is 32.2 Å². The number of aromatic nitrogens is 2. The third-order valence-corrected chi connectivity index (χ3v) is 5.42. The number of halogens is 1. The first-order chi connectivity index (χ1) is 15.1. The van der Waals surface area contributed by atoms with Crippen LogP contribution in [0.4, 0.5) is 15.8 Å². The summed E-state index contributed by atoms with van der Waals surface area (Å²) in [5, 5.41) is 3.21. The molecule has 1 aliphatic rings. The van der Waals surface area contributed by atoms with E-state index in [0.29, 0.717) is 42.4 Å². The standard InChI is InChI=1S/C22H26FN5O3/c1-30-18-7-6-17-20(26-18)19(24)21(25-8-9-27-10-12-31-13-11-27)22(29)28(17)14-15-2-4-16(23)5-3-15/h2-7,25H,8-14,24H2,1H3. The lowest BCUT2D eigenvalue weighted by molar-refractivity contribution is 0.0398. The van der Waals surface area contributed by atoms with Crippen molar-refractivity contribution in [2.75, 3.05) is 57.6 Å². The van der Waals surface area contributed by atoms with E-state index in [1.165, 1.54) is 19.2 Å². The molecule has 1 fully saturated rings. The van der Waals surface area contributed by atoms with Crippen LogP contribution in [0.1, 0.15) is 5.56 Å². The summed E-state index contributed by atoms with van der Waals surface area (Å²) in [6, 6.07) is 9.53. The second-order valence-corrected chi connectivity index (χ2v) is 7.41. The Morgan fingerprint density at radius 3 is 2.65 bits per heavy atom. The molecular weight excluding hydrogens is 401 g/mol. The van der Waals surface area contributed by atoms with Crippen molar-refractivity contribution in [1.29, 1.82) is 0 Å². The van der Waals surface area contributed by atoms with E-state index in [2.05, 4.69) is 15.2 Å². The number of nitrogens with zero attached hydrogens (tertiary/aromatic N) is 3. The minimum Gasteiger partial charge on any atom is -0.481 e. The Hall–Kier alpha value is -3.17. The Labute approximate surface area is 179 Å². The fourth-order valence-electron chi connectivity index (χ4n) is 3.71. The number of morpholine rings is 1. The van der Waals surface area contributed by atoms with Crippen molar-refractivity contribution in [1.82, 2.24) is 14.5 Å². The number of ether oxygens (including phenoxy) is 2. The molecule has 1 aromatic carbocycles. The number of anilines is 2. The van der Waals surface area contributed by atoms with Gasteiger partial charge in [-0.3, -0.25) is 9.69 Å². The first-order valence-electron chi connectivity index (χ1n) is 10.2. The van der Waals surface area contributed by atoms with Crippen LogP contribution in [0.3, 0.4) is 0 Å². The van der Waals surface area contributed by atoms with Gasteiger partial charge < -0.3 is 25.1 Å². The van der Waals surface area contributed by atoms with Crippen LogP contribution < -0.4 is 21.3 Å². The highest BCUT2D eigenvalue weighted by Gasteiger charge is 2.18. The third-order valence-electron chi connectivity index (χ3n) is 5.42. The van der Waals surface area contributed by atoms with E-state index in [1.807, 2.05) is 0 Å². The average Bonchev–Trinajstić information content (AvgIpc) is 2.80. The van der Waals surface area contributed by atoms with E-state index in [9.17, 15) is 9.18 Å². The molecule has 3 N–H and O–H groups in total. The number of nitrogens with two attached hydrogens (primary N) is 1. The molecule has 4 rings (SSSR count). The normalized spacial score (nSPS) is 14.6. The highest BCUT2D eigenvalue weighted by atomic mass is 19.1. The largest absolute Gasteiger partial charge is 0.481 e. The van der Waals surface area contributed by atoms with Gasteiger partial charge in [0.25, 0.3) is 5.56 Å². The van der Waals surface area contributed by atoms with Crippen molar-refractivity contribution in [2.24, 2.45) is 0 Å². The summed E-state index contributed by atoms with van der Waals surface area (Å²) in [5.74, 6) is 0.0839. The van der Waals surface area contributed by atoms with Gasteiger partial charge >= 0.3 is 0 Å². The maximum absolute atomic E-state index is 13.4. The number of pyridine rings is 2. The summed E-state index contributed by atoms with van der Waals surface area (Å²) >= 11 is 0. The van der Waals surface area contributed by atoms with Gasteiger partial charge in [-0.2, -0.15) is 0 Å². The summed E-state index contributed by atoms with van der Waals surface area (Å²) in [6.45, 7) is 4.75. The molecule has 0 unspecified atom stereocenters. The molecule has 0 atom stereocenters. The summed E-state index contributed by atoms with van der Waals surface area (Å²) < 4.78 is 25.5. The molecule has 164 valence electrons. The molecular formula is C22H26FN5O3. The van der Waals surface area contributed by atoms with Gasteiger partial charge in [0.05, 0.1) is 38.1 Å². The van der Waals surface area contributed by atoms with Gasteiger partial charge in [-0.05, 0) is 23.8 Å². The van der Waals surface area contributed by atoms with Crippen LogP contribution in [0.2, 0.25) is 0 Å². The zero-order valence-corrected chi connectivity index (χ0v) is 17.4. The predicted molar refractivity (Wildman–Crippen MR) is 118 cm³/mol. The molecule has 0 spiro atoms. The Kier molecular flexibility index (Phi) is 6.34. The number of nitrogen functional groups attached to an aromatic ring is 1. The van der Waals surface area contributed by atoms with E-state index in [1.54, 1.807) is 28.8 Å². The van der Waals surface area contributed by atoms with Crippen LogP contribution in [0, 0.1) is 5.82 Å². The fourth-order valence-corrected chi connectivity index (χ4v) is 3.71. The lowest BCUT2D eigenvalue weighted by Gasteiger charge is -2.26. The van der Waals surface area contributed by atoms with Gasteiger partial charge in [0.2, 0.25) is 5.88 Å². The van der Waals surface area contributed by atoms with Crippen LogP contribution in [-0.2, 0) is 11.3 Å². The smallest absolute Gasteiger partial charge is 0.276 e. The highest BCUT2D eigenvalue weighted by molar-refractivity contribution is 5.93. The highest BCUT2D eigenvalue weighted by Crippen LogP contribution is 2.26. The van der Waals surface area contributed by atoms with Crippen molar-refractivity contribution in [3.05, 3.63) is 58.1 Å². The number of hydrogen-bond donors (Lipinski definition) is 2. The maximum atomic E-state index is 13.4. The molecule has 0 saturated carbocycles. The molecule has 0 amide bonds. The van der Waals surface area contributed by atoms with E-state index in [-0.39, 0.29) is 23.6 Å². The summed E-state index contributed by atoms with van der Waals surface area (Å²) in [4.78, 5) is 20.1. The quantitative estimate of drug-likeness (QED) is 0.595. The number of methoxy groups -OCH3 is 1. The summed E-state index contributed by atoms with van der Waals surface area (Å²) in [7, 11) is 1.53. The molecule has 0 bridgehead atoms. The van der Waals surface area contributed by atoms with Crippen LogP contribution in [0.25, 0.3) is 11.0 Å². The van der Waals surface area contributed by atoms with Gasteiger partial charge in [-0.1, -0.05) is 12.1 Å². The van der Waals surface area contributed by atoms with Crippen LogP contribution >= 0.6 is 0 Å². The zero-order valence-electron chi connectivity index (χ0n) is 17.4. The Balaban J connectivity index is 1.69. The number of hydrogen-bond acceptors (Lipinski definition) is 7. The summed E-state index contributed by atoms with van der Waals surface area (Å²) in [5.41, 5.74) is 8.58. The lowest BCUT2D eigenvalue weighted by Crippen LogP contribution is -2.39. The molecule has 9 heteroatoms. The molecule has 8 nitrogen and oxygen atoms in total. The van der Waals surface area contributed by atoms with E-state index < -0.39 is 0 Å². The summed E-state index contributed by atoms with van der Waals surface area (Å²) in [6.07, 6.45) is 0. The molecule has 2 aromatic heterocycles. The minimum atomic E-state index is -0.324. The second kappa shape index (κ2) is 9.32. The van der Waals surface area contributed by atoms with E-state index in [4.69, 9.17) is 15.2 Å². The number of fused-ring (bicyclic) bond motifs is 1. The first kappa shape index (κ1) is 21.1. The van der Waals surface area contributed by atoms with Crippen molar-refractivity contribution < 1.29 is 13.9 Å².